The zero-order chi connectivity index (χ0) is 9.68. The van der Waals surface area contributed by atoms with E-state index >= 15 is 0 Å². The molecule has 0 spiro atoms. The smallest absolute Gasteiger partial charge is 0.325 e. The van der Waals surface area contributed by atoms with Crippen LogP contribution in [0.25, 0.3) is 0 Å². The van der Waals surface area contributed by atoms with Gasteiger partial charge in [-0.15, -0.1) is 0 Å². The first-order valence-corrected chi connectivity index (χ1v) is 3.61. The van der Waals surface area contributed by atoms with Gasteiger partial charge in [0.15, 0.2) is 0 Å². The van der Waals surface area contributed by atoms with E-state index < -0.39 is 0 Å². The highest BCUT2D eigenvalue weighted by Crippen LogP contribution is 1.99. The predicted octanol–water partition coefficient (Wildman–Crippen LogP) is -0.356. The van der Waals surface area contributed by atoms with Crippen molar-refractivity contribution in [2.45, 2.75) is 0 Å². The summed E-state index contributed by atoms with van der Waals surface area (Å²) in [5.41, 5.74) is 5.39. The van der Waals surface area contributed by atoms with Gasteiger partial charge in [0.05, 0.1) is 7.11 Å². The fourth-order valence-corrected chi connectivity index (χ4v) is 0.681. The molecule has 1 aromatic heterocycles. The zero-order valence-electron chi connectivity index (χ0n) is 7.15. The number of nitrogen functional groups attached to an aromatic ring is 1. The third kappa shape index (κ3) is 2.94. The second-order valence-corrected chi connectivity index (χ2v) is 2.23. The Morgan fingerprint density at radius 3 is 3.15 bits per heavy atom. The Morgan fingerprint density at radius 2 is 2.54 bits per heavy atom. The van der Waals surface area contributed by atoms with Crippen LogP contribution >= 0.6 is 0 Å². The first-order valence-electron chi connectivity index (χ1n) is 3.61. The minimum absolute atomic E-state index is 0.0277. The maximum Gasteiger partial charge on any atom is 0.325 e. The van der Waals surface area contributed by atoms with Crippen molar-refractivity contribution < 1.29 is 9.53 Å². The van der Waals surface area contributed by atoms with Crippen LogP contribution in [0.4, 0.5) is 11.8 Å². The van der Waals surface area contributed by atoms with Gasteiger partial charge in [-0.05, 0) is 6.07 Å². The highest BCUT2D eigenvalue weighted by atomic mass is 16.5. The van der Waals surface area contributed by atoms with Gasteiger partial charge >= 0.3 is 5.97 Å². The van der Waals surface area contributed by atoms with Gasteiger partial charge in [-0.25, -0.2) is 4.98 Å². The van der Waals surface area contributed by atoms with Crippen molar-refractivity contribution >= 4 is 17.7 Å². The fraction of sp³-hybridized carbons (Fsp3) is 0.286. The van der Waals surface area contributed by atoms with E-state index in [0.29, 0.717) is 11.8 Å². The minimum atomic E-state index is -0.383. The predicted molar refractivity (Wildman–Crippen MR) is 47.0 cm³/mol. The summed E-state index contributed by atoms with van der Waals surface area (Å²) in [4.78, 5) is 18.4. The molecule has 1 rings (SSSR count). The zero-order valence-corrected chi connectivity index (χ0v) is 7.15. The Balaban J connectivity index is 2.50. The summed E-state index contributed by atoms with van der Waals surface area (Å²) in [7, 11) is 1.31. The van der Waals surface area contributed by atoms with Crippen LogP contribution in [0, 0.1) is 0 Å². The molecule has 70 valence electrons. The van der Waals surface area contributed by atoms with Crippen LogP contribution in [0.3, 0.4) is 0 Å². The van der Waals surface area contributed by atoms with Gasteiger partial charge < -0.3 is 15.8 Å². The normalized spacial score (nSPS) is 9.31. The standard InChI is InChI=1S/C7H10N4O2/c1-13-6(12)4-10-7-9-3-2-5(8)11-7/h2-3H,4H2,1H3,(H3,8,9,10,11). The highest BCUT2D eigenvalue weighted by molar-refractivity contribution is 5.74. The number of methoxy groups -OCH3 is 1. The molecule has 0 aliphatic rings. The number of carbonyl (C=O) groups excluding carboxylic acids is 1. The van der Waals surface area contributed by atoms with Crippen LogP contribution in [0.2, 0.25) is 0 Å². The Kier molecular flexibility index (Phi) is 3.02. The summed E-state index contributed by atoms with van der Waals surface area (Å²) in [5.74, 6) is 0.277. The quantitative estimate of drug-likeness (QED) is 0.620. The summed E-state index contributed by atoms with van der Waals surface area (Å²) >= 11 is 0. The first-order chi connectivity index (χ1) is 6.22. The summed E-state index contributed by atoms with van der Waals surface area (Å²) in [5, 5.41) is 2.66. The number of nitrogens with zero attached hydrogens (tertiary/aromatic N) is 2. The molecule has 3 N–H and O–H groups in total. The third-order valence-electron chi connectivity index (χ3n) is 1.30. The van der Waals surface area contributed by atoms with Gasteiger partial charge in [-0.3, -0.25) is 4.79 Å². The molecule has 6 nitrogen and oxygen atoms in total. The Hall–Kier alpha value is -1.85. The van der Waals surface area contributed by atoms with Crippen molar-refractivity contribution in [3.05, 3.63) is 12.3 Å². The van der Waals surface area contributed by atoms with E-state index in [9.17, 15) is 4.79 Å². The van der Waals surface area contributed by atoms with Crippen molar-refractivity contribution in [1.82, 2.24) is 9.97 Å². The van der Waals surface area contributed by atoms with Gasteiger partial charge in [0.25, 0.3) is 0 Å². The molecule has 0 saturated carbocycles. The maximum absolute atomic E-state index is 10.7. The molecule has 0 fully saturated rings. The lowest BCUT2D eigenvalue weighted by Gasteiger charge is -2.02. The molecule has 13 heavy (non-hydrogen) atoms. The number of aromatic nitrogens is 2. The number of rotatable bonds is 3. The number of hydrogen-bond donors (Lipinski definition) is 2. The van der Waals surface area contributed by atoms with Crippen molar-refractivity contribution in [1.29, 1.82) is 0 Å². The molecule has 0 atom stereocenters. The topological polar surface area (TPSA) is 90.1 Å². The van der Waals surface area contributed by atoms with Crippen LogP contribution < -0.4 is 11.1 Å². The molecule has 0 unspecified atom stereocenters. The number of hydrogen-bond acceptors (Lipinski definition) is 6. The highest BCUT2D eigenvalue weighted by Gasteiger charge is 2.00. The molecule has 6 heteroatoms. The number of anilines is 2. The van der Waals surface area contributed by atoms with E-state index in [1.54, 1.807) is 6.07 Å². The Labute approximate surface area is 75.1 Å². The second-order valence-electron chi connectivity index (χ2n) is 2.23. The van der Waals surface area contributed by atoms with Crippen molar-refractivity contribution in [3.63, 3.8) is 0 Å². The van der Waals surface area contributed by atoms with Crippen LogP contribution in [0.1, 0.15) is 0 Å². The molecule has 0 aliphatic carbocycles. The lowest BCUT2D eigenvalue weighted by Crippen LogP contribution is -2.16. The molecule has 0 aliphatic heterocycles. The van der Waals surface area contributed by atoms with E-state index in [4.69, 9.17) is 5.73 Å². The van der Waals surface area contributed by atoms with E-state index in [-0.39, 0.29) is 12.5 Å². The van der Waals surface area contributed by atoms with Gasteiger partial charge in [0.1, 0.15) is 12.4 Å². The third-order valence-corrected chi connectivity index (χ3v) is 1.30. The van der Waals surface area contributed by atoms with E-state index in [0.717, 1.165) is 0 Å². The molecular weight excluding hydrogens is 172 g/mol. The average molecular weight is 182 g/mol. The summed E-state index contributed by atoms with van der Waals surface area (Å²) < 4.78 is 4.41. The van der Waals surface area contributed by atoms with Gasteiger partial charge in [-0.2, -0.15) is 4.98 Å². The minimum Gasteiger partial charge on any atom is -0.468 e. The maximum atomic E-state index is 10.7. The van der Waals surface area contributed by atoms with E-state index in [1.807, 2.05) is 0 Å². The van der Waals surface area contributed by atoms with Crippen molar-refractivity contribution in [2.75, 3.05) is 24.7 Å². The molecule has 0 bridgehead atoms. The molecule has 0 radical (unpaired) electrons. The monoisotopic (exact) mass is 182 g/mol. The van der Waals surface area contributed by atoms with Crippen molar-refractivity contribution in [2.24, 2.45) is 0 Å². The van der Waals surface area contributed by atoms with Crippen molar-refractivity contribution in [3.8, 4) is 0 Å². The molecule has 1 heterocycles. The number of nitrogens with one attached hydrogen (secondary N) is 1. The molecule has 0 amide bonds. The second kappa shape index (κ2) is 4.24. The lowest BCUT2D eigenvalue weighted by molar-refractivity contribution is -0.138. The van der Waals surface area contributed by atoms with E-state index in [1.165, 1.54) is 13.3 Å². The molecule has 1 aromatic rings. The van der Waals surface area contributed by atoms with Crippen LogP contribution in [-0.2, 0) is 9.53 Å². The van der Waals surface area contributed by atoms with Gasteiger partial charge in [-0.1, -0.05) is 0 Å². The van der Waals surface area contributed by atoms with Gasteiger partial charge in [0, 0.05) is 6.20 Å². The fourth-order valence-electron chi connectivity index (χ4n) is 0.681. The molecular formula is C7H10N4O2. The summed E-state index contributed by atoms with van der Waals surface area (Å²) in [6, 6.07) is 1.56. The SMILES string of the molecule is COC(=O)CNc1nccc(N)n1. The summed E-state index contributed by atoms with van der Waals surface area (Å²) in [6.45, 7) is 0.0277. The first kappa shape index (κ1) is 9.24. The molecule has 0 aromatic carbocycles. The van der Waals surface area contributed by atoms with Crippen LogP contribution in [0.15, 0.2) is 12.3 Å². The average Bonchev–Trinajstić information content (AvgIpc) is 2.14. The largest absolute Gasteiger partial charge is 0.468 e. The number of carbonyl (C=O) groups is 1. The number of ether oxygens (including phenoxy) is 1. The van der Waals surface area contributed by atoms with E-state index in [2.05, 4.69) is 20.0 Å². The van der Waals surface area contributed by atoms with Crippen LogP contribution in [0.5, 0.6) is 0 Å². The lowest BCUT2D eigenvalue weighted by atomic mass is 10.6. The Morgan fingerprint density at radius 1 is 1.77 bits per heavy atom. The summed E-state index contributed by atoms with van der Waals surface area (Å²) in [6.07, 6.45) is 1.50. The molecule has 0 saturated heterocycles. The Bertz CT molecular complexity index is 302. The van der Waals surface area contributed by atoms with Crippen LogP contribution in [-0.4, -0.2) is 29.6 Å². The number of nitrogens with two attached hydrogens (primary N) is 1. The van der Waals surface area contributed by atoms with Gasteiger partial charge in [0.2, 0.25) is 5.95 Å². The number of esters is 1.